The lowest BCUT2D eigenvalue weighted by atomic mass is 10.1. The van der Waals surface area contributed by atoms with Crippen molar-refractivity contribution >= 4 is 53.9 Å². The van der Waals surface area contributed by atoms with Crippen LogP contribution in [0.2, 0.25) is 5.02 Å². The van der Waals surface area contributed by atoms with Gasteiger partial charge in [0.2, 0.25) is 17.7 Å². The first-order valence-electron chi connectivity index (χ1n) is 8.08. The molecule has 1 aromatic carbocycles. The van der Waals surface area contributed by atoms with E-state index in [2.05, 4.69) is 15.6 Å². The molecule has 1 atom stereocenters. The Morgan fingerprint density at radius 3 is 2.32 bits per heavy atom. The average Bonchev–Trinajstić information content (AvgIpc) is 2.62. The van der Waals surface area contributed by atoms with Crippen molar-refractivity contribution in [1.29, 1.82) is 0 Å². The minimum absolute atomic E-state index is 0. The number of nitrogens with two attached hydrogens (primary N) is 1. The summed E-state index contributed by atoms with van der Waals surface area (Å²) < 4.78 is 5.57. The molecule has 0 aliphatic heterocycles. The van der Waals surface area contributed by atoms with Crippen LogP contribution >= 0.6 is 36.4 Å². The monoisotopic (exact) mass is 448 g/mol. The number of nitrogens with zero attached hydrogens (tertiary/aromatic N) is 1. The molecular formula is C18H23Cl3N4O3. The molecule has 0 aliphatic rings. The average molecular weight is 450 g/mol. The quantitative estimate of drug-likeness (QED) is 0.600. The van der Waals surface area contributed by atoms with Crippen molar-refractivity contribution in [2.75, 3.05) is 11.9 Å². The van der Waals surface area contributed by atoms with E-state index >= 15 is 0 Å². The van der Waals surface area contributed by atoms with E-state index in [-0.39, 0.29) is 49.1 Å². The van der Waals surface area contributed by atoms with Gasteiger partial charge in [0, 0.05) is 18.0 Å². The van der Waals surface area contributed by atoms with Gasteiger partial charge in [0.1, 0.15) is 5.75 Å². The number of hydrogen-bond donors (Lipinski definition) is 3. The van der Waals surface area contributed by atoms with E-state index < -0.39 is 6.04 Å². The Hall–Kier alpha value is -2.06. The highest BCUT2D eigenvalue weighted by atomic mass is 35.5. The molecule has 154 valence electrons. The van der Waals surface area contributed by atoms with Gasteiger partial charge >= 0.3 is 0 Å². The molecule has 0 unspecified atom stereocenters. The second kappa shape index (κ2) is 12.4. The summed E-state index contributed by atoms with van der Waals surface area (Å²) in [5.74, 6) is 0.280. The molecule has 0 saturated heterocycles. The predicted molar refractivity (Wildman–Crippen MR) is 115 cm³/mol. The molecule has 0 aliphatic carbocycles. The fraction of sp³-hybridized carbons (Fsp3) is 0.278. The van der Waals surface area contributed by atoms with E-state index in [9.17, 15) is 9.59 Å². The minimum atomic E-state index is -0.638. The maximum atomic E-state index is 11.9. The van der Waals surface area contributed by atoms with Crippen molar-refractivity contribution in [1.82, 2.24) is 10.3 Å². The molecule has 2 rings (SSSR count). The summed E-state index contributed by atoms with van der Waals surface area (Å²) in [6, 6.07) is 9.45. The summed E-state index contributed by atoms with van der Waals surface area (Å²) in [5.41, 5.74) is 6.29. The van der Waals surface area contributed by atoms with Gasteiger partial charge in [-0.25, -0.2) is 4.98 Å². The smallest absolute Gasteiger partial charge is 0.243 e. The van der Waals surface area contributed by atoms with Crippen LogP contribution < -0.4 is 21.1 Å². The van der Waals surface area contributed by atoms with Gasteiger partial charge in [-0.15, -0.1) is 24.8 Å². The van der Waals surface area contributed by atoms with Crippen LogP contribution in [0.15, 0.2) is 42.6 Å². The second-order valence-electron chi connectivity index (χ2n) is 5.98. The number of pyridine rings is 1. The third kappa shape index (κ3) is 8.31. The topological polar surface area (TPSA) is 106 Å². The van der Waals surface area contributed by atoms with Crippen LogP contribution in [-0.4, -0.2) is 29.4 Å². The highest BCUT2D eigenvalue weighted by Gasteiger charge is 2.17. The van der Waals surface area contributed by atoms with Gasteiger partial charge in [-0.2, -0.15) is 0 Å². The Balaban J connectivity index is 0.00000364. The van der Waals surface area contributed by atoms with Crippen molar-refractivity contribution in [3.05, 3.63) is 47.6 Å². The summed E-state index contributed by atoms with van der Waals surface area (Å²) in [4.78, 5) is 27.7. The molecule has 0 fully saturated rings. The van der Waals surface area contributed by atoms with Crippen LogP contribution in [0.1, 0.15) is 13.8 Å². The van der Waals surface area contributed by atoms with Gasteiger partial charge < -0.3 is 21.1 Å². The fourth-order valence-corrected chi connectivity index (χ4v) is 2.05. The summed E-state index contributed by atoms with van der Waals surface area (Å²) >= 11 is 5.77. The molecule has 0 bridgehead atoms. The first-order valence-corrected chi connectivity index (χ1v) is 8.45. The molecular weight excluding hydrogens is 427 g/mol. The number of benzene rings is 1. The van der Waals surface area contributed by atoms with Crippen molar-refractivity contribution in [2.24, 2.45) is 11.7 Å². The molecule has 1 aromatic heterocycles. The standard InChI is InChI=1S/C18H21ClN4O3.2ClH/c1-11(2)17(20)18(25)22-10-15(24)23-13-4-6-14(7-5-13)26-16-8-3-12(19)9-21-16;;/h3-9,11,17H,10,20H2,1-2H3,(H,22,25)(H,23,24);2*1H/t17-;;/m0../s1. The number of carbonyl (C=O) groups excluding carboxylic acids is 2. The molecule has 0 spiro atoms. The zero-order valence-electron chi connectivity index (χ0n) is 15.3. The number of hydrogen-bond acceptors (Lipinski definition) is 5. The summed E-state index contributed by atoms with van der Waals surface area (Å²) in [5, 5.41) is 5.72. The van der Waals surface area contributed by atoms with Gasteiger partial charge in [-0.1, -0.05) is 25.4 Å². The van der Waals surface area contributed by atoms with Crippen molar-refractivity contribution in [3.8, 4) is 11.6 Å². The second-order valence-corrected chi connectivity index (χ2v) is 6.41. The highest BCUT2D eigenvalue weighted by molar-refractivity contribution is 6.30. The summed E-state index contributed by atoms with van der Waals surface area (Å²) in [7, 11) is 0. The van der Waals surface area contributed by atoms with E-state index in [1.807, 2.05) is 13.8 Å². The van der Waals surface area contributed by atoms with E-state index in [1.54, 1.807) is 36.4 Å². The van der Waals surface area contributed by atoms with Crippen molar-refractivity contribution in [2.45, 2.75) is 19.9 Å². The number of ether oxygens (including phenoxy) is 1. The third-order valence-corrected chi connectivity index (χ3v) is 3.73. The van der Waals surface area contributed by atoms with Gasteiger partial charge in [-0.3, -0.25) is 9.59 Å². The Labute approximate surface area is 181 Å². The minimum Gasteiger partial charge on any atom is -0.439 e. The number of rotatable bonds is 7. The van der Waals surface area contributed by atoms with Crippen molar-refractivity contribution < 1.29 is 14.3 Å². The summed E-state index contributed by atoms with van der Waals surface area (Å²) in [6.07, 6.45) is 1.49. The van der Waals surface area contributed by atoms with Crippen LogP contribution in [0, 0.1) is 5.92 Å². The van der Waals surface area contributed by atoms with E-state index in [4.69, 9.17) is 22.1 Å². The van der Waals surface area contributed by atoms with Crippen LogP contribution in [0.3, 0.4) is 0 Å². The molecule has 2 aromatic rings. The Morgan fingerprint density at radius 1 is 1.14 bits per heavy atom. The lowest BCUT2D eigenvalue weighted by Crippen LogP contribution is -2.46. The Kier molecular flexibility index (Phi) is 11.5. The molecule has 10 heteroatoms. The summed E-state index contributed by atoms with van der Waals surface area (Å²) in [6.45, 7) is 3.53. The lowest BCUT2D eigenvalue weighted by molar-refractivity contribution is -0.125. The first-order chi connectivity index (χ1) is 12.3. The first kappa shape index (κ1) is 25.9. The number of carbonyl (C=O) groups is 2. The number of anilines is 1. The number of aromatic nitrogens is 1. The molecule has 4 N–H and O–H groups in total. The van der Waals surface area contributed by atoms with Gasteiger partial charge in [-0.05, 0) is 36.2 Å². The van der Waals surface area contributed by atoms with E-state index in [0.717, 1.165) is 0 Å². The van der Waals surface area contributed by atoms with Crippen LogP contribution in [-0.2, 0) is 9.59 Å². The Morgan fingerprint density at radius 2 is 1.79 bits per heavy atom. The third-order valence-electron chi connectivity index (χ3n) is 3.50. The maximum Gasteiger partial charge on any atom is 0.243 e. The molecule has 2 amide bonds. The lowest BCUT2D eigenvalue weighted by Gasteiger charge is -2.15. The van der Waals surface area contributed by atoms with Gasteiger partial charge in [0.15, 0.2) is 0 Å². The van der Waals surface area contributed by atoms with Crippen LogP contribution in [0.4, 0.5) is 5.69 Å². The zero-order valence-corrected chi connectivity index (χ0v) is 17.7. The maximum absolute atomic E-state index is 11.9. The molecule has 0 radical (unpaired) electrons. The normalized spacial score (nSPS) is 10.9. The molecule has 0 saturated carbocycles. The fourth-order valence-electron chi connectivity index (χ4n) is 1.94. The number of nitrogens with one attached hydrogen (secondary N) is 2. The van der Waals surface area contributed by atoms with Crippen LogP contribution in [0.25, 0.3) is 0 Å². The van der Waals surface area contributed by atoms with Crippen LogP contribution in [0.5, 0.6) is 11.6 Å². The van der Waals surface area contributed by atoms with Gasteiger partial charge in [0.25, 0.3) is 0 Å². The van der Waals surface area contributed by atoms with E-state index in [0.29, 0.717) is 22.3 Å². The largest absolute Gasteiger partial charge is 0.439 e. The predicted octanol–water partition coefficient (Wildman–Crippen LogP) is 3.41. The van der Waals surface area contributed by atoms with E-state index in [1.165, 1.54) is 6.20 Å². The zero-order chi connectivity index (χ0) is 19.1. The molecule has 1 heterocycles. The SMILES string of the molecule is CC(C)[C@H](N)C(=O)NCC(=O)Nc1ccc(Oc2ccc(Cl)cn2)cc1.Cl.Cl. The number of amides is 2. The molecule has 7 nitrogen and oxygen atoms in total. The highest BCUT2D eigenvalue weighted by Crippen LogP contribution is 2.22. The Bertz CT molecular complexity index is 756. The number of halogens is 3. The van der Waals surface area contributed by atoms with Gasteiger partial charge in [0.05, 0.1) is 17.6 Å². The molecule has 28 heavy (non-hydrogen) atoms. The van der Waals surface area contributed by atoms with Crippen molar-refractivity contribution in [3.63, 3.8) is 0 Å².